The van der Waals surface area contributed by atoms with Gasteiger partial charge in [0.2, 0.25) is 5.82 Å². The van der Waals surface area contributed by atoms with Crippen LogP contribution < -0.4 is 5.56 Å². The zero-order valence-electron chi connectivity index (χ0n) is 8.80. The van der Waals surface area contributed by atoms with Crippen molar-refractivity contribution >= 4 is 22.6 Å². The van der Waals surface area contributed by atoms with Crippen molar-refractivity contribution in [1.29, 1.82) is 0 Å². The highest BCUT2D eigenvalue weighted by Crippen LogP contribution is 2.04. The molecule has 0 amide bonds. The van der Waals surface area contributed by atoms with E-state index < -0.39 is 0 Å². The summed E-state index contributed by atoms with van der Waals surface area (Å²) in [5.74, 6) is 0.346. The first-order valence-electron chi connectivity index (χ1n) is 4.98. The zero-order valence-corrected chi connectivity index (χ0v) is 11.0. The van der Waals surface area contributed by atoms with Crippen molar-refractivity contribution in [2.45, 2.75) is 19.9 Å². The highest BCUT2D eigenvalue weighted by atomic mass is 127. The summed E-state index contributed by atoms with van der Waals surface area (Å²) in [5, 5.41) is 4.08. The number of hydrogen-bond acceptors (Lipinski definition) is 3. The molecule has 2 heterocycles. The lowest BCUT2D eigenvalue weighted by Gasteiger charge is -2.05. The predicted octanol–water partition coefficient (Wildman–Crippen LogP) is 1.44. The molecule has 0 aromatic carbocycles. The molecule has 6 heteroatoms. The second-order valence-electron chi connectivity index (χ2n) is 3.35. The van der Waals surface area contributed by atoms with Gasteiger partial charge in [0.25, 0.3) is 5.56 Å². The molecule has 0 bridgehead atoms. The summed E-state index contributed by atoms with van der Waals surface area (Å²) >= 11 is 2.14. The third-order valence-electron chi connectivity index (χ3n) is 2.13. The lowest BCUT2D eigenvalue weighted by Crippen LogP contribution is -2.25. The van der Waals surface area contributed by atoms with Crippen molar-refractivity contribution in [1.82, 2.24) is 19.3 Å². The van der Waals surface area contributed by atoms with Crippen molar-refractivity contribution < 1.29 is 0 Å². The summed E-state index contributed by atoms with van der Waals surface area (Å²) in [7, 11) is 0. The van der Waals surface area contributed by atoms with Crippen LogP contribution in [0, 0.1) is 3.57 Å². The van der Waals surface area contributed by atoms with Crippen molar-refractivity contribution in [3.8, 4) is 5.82 Å². The predicted molar refractivity (Wildman–Crippen MR) is 68.6 cm³/mol. The Kier molecular flexibility index (Phi) is 3.37. The molecular formula is C10H11IN4O. The van der Waals surface area contributed by atoms with E-state index in [0.29, 0.717) is 12.4 Å². The summed E-state index contributed by atoms with van der Waals surface area (Å²) in [6.07, 6.45) is 7.71. The van der Waals surface area contributed by atoms with E-state index in [2.05, 4.69) is 32.7 Å². The Hall–Kier alpha value is -1.18. The minimum atomic E-state index is -0.108. The molecule has 0 N–H and O–H groups in total. The molecule has 0 aliphatic carbocycles. The van der Waals surface area contributed by atoms with E-state index in [4.69, 9.17) is 0 Å². The van der Waals surface area contributed by atoms with Gasteiger partial charge in [0, 0.05) is 25.1 Å². The molecule has 0 aliphatic rings. The molecule has 0 saturated heterocycles. The second kappa shape index (κ2) is 4.77. The number of aromatic nitrogens is 4. The van der Waals surface area contributed by atoms with Crippen LogP contribution in [0.1, 0.15) is 13.3 Å². The van der Waals surface area contributed by atoms with Gasteiger partial charge in [0.05, 0.1) is 9.77 Å². The minimum absolute atomic E-state index is 0.108. The summed E-state index contributed by atoms with van der Waals surface area (Å²) in [6.45, 7) is 2.73. The first-order chi connectivity index (χ1) is 7.72. The normalized spacial score (nSPS) is 10.6. The fraction of sp³-hybridized carbons (Fsp3) is 0.300. The van der Waals surface area contributed by atoms with Crippen LogP contribution in [-0.4, -0.2) is 19.3 Å². The van der Waals surface area contributed by atoms with Gasteiger partial charge in [-0.2, -0.15) is 5.10 Å². The molecular weight excluding hydrogens is 319 g/mol. The Morgan fingerprint density at radius 2 is 2.31 bits per heavy atom. The largest absolute Gasteiger partial charge is 0.311 e. The number of aryl methyl sites for hydroxylation is 1. The third kappa shape index (κ3) is 2.16. The van der Waals surface area contributed by atoms with Gasteiger partial charge in [-0.25, -0.2) is 9.67 Å². The first-order valence-corrected chi connectivity index (χ1v) is 6.06. The topological polar surface area (TPSA) is 52.7 Å². The molecule has 2 rings (SSSR count). The van der Waals surface area contributed by atoms with Crippen LogP contribution in [-0.2, 0) is 6.54 Å². The van der Waals surface area contributed by atoms with Gasteiger partial charge in [-0.1, -0.05) is 6.92 Å². The van der Waals surface area contributed by atoms with Crippen LogP contribution in [0.25, 0.3) is 5.82 Å². The molecule has 0 atom stereocenters. The lowest BCUT2D eigenvalue weighted by molar-refractivity contribution is 0.636. The molecule has 2 aromatic rings. The molecule has 0 saturated carbocycles. The van der Waals surface area contributed by atoms with E-state index in [9.17, 15) is 4.79 Å². The lowest BCUT2D eigenvalue weighted by atomic mass is 10.4. The molecule has 84 valence electrons. The molecule has 5 nitrogen and oxygen atoms in total. The van der Waals surface area contributed by atoms with Crippen LogP contribution in [0.5, 0.6) is 0 Å². The fourth-order valence-corrected chi connectivity index (χ4v) is 1.81. The van der Waals surface area contributed by atoms with Gasteiger partial charge in [0.1, 0.15) is 0 Å². The van der Waals surface area contributed by atoms with Crippen molar-refractivity contribution in [2.24, 2.45) is 0 Å². The van der Waals surface area contributed by atoms with Gasteiger partial charge in [-0.15, -0.1) is 0 Å². The Morgan fingerprint density at radius 1 is 1.50 bits per heavy atom. The maximum atomic E-state index is 12.0. The van der Waals surface area contributed by atoms with E-state index in [0.717, 1.165) is 9.99 Å². The van der Waals surface area contributed by atoms with Crippen LogP contribution in [0.2, 0.25) is 0 Å². The average Bonchev–Trinajstić information content (AvgIpc) is 2.68. The first kappa shape index (κ1) is 11.3. The van der Waals surface area contributed by atoms with E-state index in [-0.39, 0.29) is 5.56 Å². The molecule has 0 radical (unpaired) electrons. The maximum Gasteiger partial charge on any atom is 0.295 e. The maximum absolute atomic E-state index is 12.0. The van der Waals surface area contributed by atoms with Gasteiger partial charge >= 0.3 is 0 Å². The minimum Gasteiger partial charge on any atom is -0.311 e. The number of halogens is 1. The van der Waals surface area contributed by atoms with Gasteiger partial charge in [-0.3, -0.25) is 4.79 Å². The van der Waals surface area contributed by atoms with Gasteiger partial charge in [-0.05, 0) is 29.0 Å². The van der Waals surface area contributed by atoms with E-state index >= 15 is 0 Å². The van der Waals surface area contributed by atoms with Gasteiger partial charge in [0.15, 0.2) is 0 Å². The molecule has 16 heavy (non-hydrogen) atoms. The molecule has 0 fully saturated rings. The van der Waals surface area contributed by atoms with E-state index in [1.165, 1.54) is 4.68 Å². The molecule has 0 spiro atoms. The highest BCUT2D eigenvalue weighted by molar-refractivity contribution is 14.1. The van der Waals surface area contributed by atoms with Crippen molar-refractivity contribution in [3.63, 3.8) is 0 Å². The molecule has 0 aliphatic heterocycles. The Labute approximate surface area is 106 Å². The number of hydrogen-bond donors (Lipinski definition) is 0. The average molecular weight is 330 g/mol. The van der Waals surface area contributed by atoms with Crippen LogP contribution >= 0.6 is 22.6 Å². The number of nitrogens with zero attached hydrogens (tertiary/aromatic N) is 4. The fourth-order valence-electron chi connectivity index (χ4n) is 1.43. The standard InChI is InChI=1S/C10H11IN4O/c1-2-4-14-5-3-12-9(10(14)16)15-7-8(11)6-13-15/h3,5-7H,2,4H2,1H3. The Balaban J connectivity index is 2.50. The summed E-state index contributed by atoms with van der Waals surface area (Å²) in [6, 6.07) is 0. The smallest absolute Gasteiger partial charge is 0.295 e. The second-order valence-corrected chi connectivity index (χ2v) is 4.60. The van der Waals surface area contributed by atoms with Crippen LogP contribution in [0.3, 0.4) is 0 Å². The Bertz CT molecular complexity index is 546. The van der Waals surface area contributed by atoms with Crippen LogP contribution in [0.4, 0.5) is 0 Å². The Morgan fingerprint density at radius 3 is 2.94 bits per heavy atom. The van der Waals surface area contributed by atoms with Crippen molar-refractivity contribution in [3.05, 3.63) is 38.7 Å². The van der Waals surface area contributed by atoms with Crippen LogP contribution in [0.15, 0.2) is 29.6 Å². The molecule has 0 unspecified atom stereocenters. The number of rotatable bonds is 3. The summed E-state index contributed by atoms with van der Waals surface area (Å²) in [5.41, 5.74) is -0.108. The monoisotopic (exact) mass is 330 g/mol. The van der Waals surface area contributed by atoms with E-state index in [1.807, 2.05) is 6.92 Å². The third-order valence-corrected chi connectivity index (χ3v) is 2.69. The van der Waals surface area contributed by atoms with Gasteiger partial charge < -0.3 is 4.57 Å². The summed E-state index contributed by atoms with van der Waals surface area (Å²) < 4.78 is 4.14. The van der Waals surface area contributed by atoms with Crippen molar-refractivity contribution in [2.75, 3.05) is 0 Å². The van der Waals surface area contributed by atoms with E-state index in [1.54, 1.807) is 29.4 Å². The molecule has 2 aromatic heterocycles. The quantitative estimate of drug-likeness (QED) is 0.801. The highest BCUT2D eigenvalue weighted by Gasteiger charge is 2.07. The zero-order chi connectivity index (χ0) is 11.5. The SMILES string of the molecule is CCCn1ccnc(-n2cc(I)cn2)c1=O. The summed E-state index contributed by atoms with van der Waals surface area (Å²) in [4.78, 5) is 16.1.